The number of amides is 1. The number of piperazine rings is 1. The van der Waals surface area contributed by atoms with Crippen LogP contribution in [0.15, 0.2) is 55.1 Å². The Balaban J connectivity index is 1.49. The first-order chi connectivity index (χ1) is 16.1. The van der Waals surface area contributed by atoms with Crippen molar-refractivity contribution in [1.82, 2.24) is 14.9 Å². The van der Waals surface area contributed by atoms with Crippen LogP contribution in [0.5, 0.6) is 11.9 Å². The first-order valence-corrected chi connectivity index (χ1v) is 11.1. The molecule has 0 radical (unpaired) electrons. The second kappa shape index (κ2) is 8.75. The largest absolute Gasteiger partial charge is 0.467 e. The minimum atomic E-state index is -0.0541. The van der Waals surface area contributed by atoms with Crippen molar-refractivity contribution in [2.75, 3.05) is 38.2 Å². The van der Waals surface area contributed by atoms with Crippen molar-refractivity contribution in [3.05, 3.63) is 71.3 Å². The van der Waals surface area contributed by atoms with Crippen LogP contribution in [-0.2, 0) is 11.2 Å². The molecule has 1 saturated heterocycles. The molecule has 8 heteroatoms. The second-order valence-electron chi connectivity index (χ2n) is 7.85. The van der Waals surface area contributed by atoms with Crippen molar-refractivity contribution < 1.29 is 14.3 Å². The number of ether oxygens (including phenoxy) is 2. The normalized spacial score (nSPS) is 15.5. The van der Waals surface area contributed by atoms with Gasteiger partial charge in [0.15, 0.2) is 0 Å². The predicted octanol–water partition coefficient (Wildman–Crippen LogP) is 4.10. The molecular weight excluding hydrogens is 440 g/mol. The average Bonchev–Trinajstić information content (AvgIpc) is 2.87. The fourth-order valence-electron chi connectivity index (χ4n) is 4.32. The lowest BCUT2D eigenvalue weighted by Gasteiger charge is -2.36. The number of aromatic nitrogens is 2. The third kappa shape index (κ3) is 3.89. The van der Waals surface area contributed by atoms with Crippen LogP contribution in [0.25, 0.3) is 16.5 Å². The second-order valence-corrected chi connectivity index (χ2v) is 8.26. The summed E-state index contributed by atoms with van der Waals surface area (Å²) < 4.78 is 11.7. The Morgan fingerprint density at radius 2 is 1.91 bits per heavy atom. The molecule has 2 aliphatic heterocycles. The van der Waals surface area contributed by atoms with Crippen LogP contribution in [0.2, 0.25) is 5.02 Å². The molecule has 0 atom stereocenters. The lowest BCUT2D eigenvalue weighted by atomic mass is 10.0. The molecular formula is C25H23ClN4O3. The van der Waals surface area contributed by atoms with E-state index in [4.69, 9.17) is 21.1 Å². The van der Waals surface area contributed by atoms with Crippen LogP contribution in [-0.4, -0.2) is 54.1 Å². The topological polar surface area (TPSA) is 67.8 Å². The Bertz CT molecular complexity index is 1280. The van der Waals surface area contributed by atoms with Crippen LogP contribution in [0.4, 0.5) is 5.82 Å². The van der Waals surface area contributed by atoms with Gasteiger partial charge in [0.1, 0.15) is 11.6 Å². The Kier molecular flexibility index (Phi) is 5.64. The number of allylic oxidation sites excluding steroid dienone is 1. The van der Waals surface area contributed by atoms with E-state index in [1.54, 1.807) is 4.90 Å². The fraction of sp³-hybridized carbons (Fsp3) is 0.240. The van der Waals surface area contributed by atoms with Gasteiger partial charge >= 0.3 is 6.01 Å². The molecule has 2 aliphatic rings. The van der Waals surface area contributed by atoms with Gasteiger partial charge in [-0.25, -0.2) is 0 Å². The van der Waals surface area contributed by atoms with Gasteiger partial charge in [-0.2, -0.15) is 9.97 Å². The number of halogens is 1. The fourth-order valence-corrected chi connectivity index (χ4v) is 4.61. The van der Waals surface area contributed by atoms with E-state index in [1.165, 1.54) is 13.2 Å². The van der Waals surface area contributed by atoms with Gasteiger partial charge in [0, 0.05) is 48.6 Å². The first-order valence-electron chi connectivity index (χ1n) is 10.8. The van der Waals surface area contributed by atoms with Gasteiger partial charge < -0.3 is 19.3 Å². The highest BCUT2D eigenvalue weighted by atomic mass is 35.5. The summed E-state index contributed by atoms with van der Waals surface area (Å²) in [5.74, 6) is 1.90. The predicted molar refractivity (Wildman–Crippen MR) is 129 cm³/mol. The summed E-state index contributed by atoms with van der Waals surface area (Å²) in [6.07, 6.45) is 4.00. The smallest absolute Gasteiger partial charge is 0.321 e. The molecule has 0 saturated carbocycles. The zero-order valence-corrected chi connectivity index (χ0v) is 19.0. The summed E-state index contributed by atoms with van der Waals surface area (Å²) in [4.78, 5) is 25.0. The molecule has 7 nitrogen and oxygen atoms in total. The van der Waals surface area contributed by atoms with Gasteiger partial charge in [0.25, 0.3) is 0 Å². The van der Waals surface area contributed by atoms with Crippen LogP contribution < -0.4 is 14.4 Å². The van der Waals surface area contributed by atoms with E-state index in [0.717, 1.165) is 27.7 Å². The van der Waals surface area contributed by atoms with E-state index >= 15 is 0 Å². The van der Waals surface area contributed by atoms with Crippen molar-refractivity contribution in [3.8, 4) is 11.9 Å². The summed E-state index contributed by atoms with van der Waals surface area (Å²) in [7, 11) is 1.54. The number of rotatable bonds is 4. The Morgan fingerprint density at radius 3 is 2.64 bits per heavy atom. The number of nitrogens with zero attached hydrogens (tertiary/aromatic N) is 4. The van der Waals surface area contributed by atoms with Crippen molar-refractivity contribution in [1.29, 1.82) is 0 Å². The molecule has 33 heavy (non-hydrogen) atoms. The first kappa shape index (κ1) is 21.3. The molecule has 5 rings (SSSR count). The van der Waals surface area contributed by atoms with Crippen LogP contribution in [0.1, 0.15) is 11.1 Å². The van der Waals surface area contributed by atoms with E-state index in [0.29, 0.717) is 49.3 Å². The third-order valence-corrected chi connectivity index (χ3v) is 6.31. The number of methoxy groups -OCH3 is 1. The molecule has 168 valence electrons. The maximum atomic E-state index is 11.9. The standard InChI is InChI=1S/C25H23ClN4O3/c1-3-21(31)29-12-14-30(15-13-29)23-18-10-11-20(33-24(18)28-25(27-23)32-2)17-8-4-6-16-7-5-9-19(26)22(16)17/h3-9,11H,1,10,12-15H2,2H3. The number of benzene rings is 2. The number of hydrogen-bond acceptors (Lipinski definition) is 6. The molecule has 0 N–H and O–H groups in total. The molecule has 3 aromatic rings. The van der Waals surface area contributed by atoms with Crippen molar-refractivity contribution in [2.45, 2.75) is 6.42 Å². The maximum Gasteiger partial charge on any atom is 0.321 e. The van der Waals surface area contributed by atoms with Crippen molar-refractivity contribution in [2.24, 2.45) is 0 Å². The number of hydrogen-bond donors (Lipinski definition) is 0. The summed E-state index contributed by atoms with van der Waals surface area (Å²) in [6, 6.07) is 12.1. The molecule has 2 aromatic carbocycles. The van der Waals surface area contributed by atoms with E-state index in [2.05, 4.69) is 21.4 Å². The molecule has 1 aromatic heterocycles. The number of fused-ring (bicyclic) bond motifs is 2. The minimum absolute atomic E-state index is 0.0541. The number of carbonyl (C=O) groups is 1. The average molecular weight is 463 g/mol. The maximum absolute atomic E-state index is 11.9. The lowest BCUT2D eigenvalue weighted by molar-refractivity contribution is -0.126. The Morgan fingerprint density at radius 1 is 1.15 bits per heavy atom. The number of anilines is 1. The Labute approximate surface area is 196 Å². The zero-order valence-electron chi connectivity index (χ0n) is 18.3. The van der Waals surface area contributed by atoms with Gasteiger partial charge in [0.2, 0.25) is 11.8 Å². The van der Waals surface area contributed by atoms with Crippen LogP contribution >= 0.6 is 11.6 Å². The summed E-state index contributed by atoms with van der Waals surface area (Å²) in [5, 5.41) is 2.66. The highest BCUT2D eigenvalue weighted by Gasteiger charge is 2.28. The third-order valence-electron chi connectivity index (χ3n) is 5.99. The quantitative estimate of drug-likeness (QED) is 0.544. The zero-order chi connectivity index (χ0) is 22.9. The lowest BCUT2D eigenvalue weighted by Crippen LogP contribution is -2.48. The van der Waals surface area contributed by atoms with Gasteiger partial charge in [-0.3, -0.25) is 4.79 Å². The van der Waals surface area contributed by atoms with Crippen LogP contribution in [0.3, 0.4) is 0 Å². The van der Waals surface area contributed by atoms with E-state index in [9.17, 15) is 4.79 Å². The molecule has 3 heterocycles. The molecule has 1 fully saturated rings. The minimum Gasteiger partial charge on any atom is -0.467 e. The highest BCUT2D eigenvalue weighted by Crippen LogP contribution is 2.39. The number of carbonyl (C=O) groups excluding carboxylic acids is 1. The van der Waals surface area contributed by atoms with E-state index < -0.39 is 0 Å². The summed E-state index contributed by atoms with van der Waals surface area (Å²) >= 11 is 6.53. The van der Waals surface area contributed by atoms with Crippen molar-refractivity contribution in [3.63, 3.8) is 0 Å². The van der Waals surface area contributed by atoms with Gasteiger partial charge in [-0.05, 0) is 23.6 Å². The van der Waals surface area contributed by atoms with E-state index in [-0.39, 0.29) is 11.9 Å². The van der Waals surface area contributed by atoms with E-state index in [1.807, 2.05) is 42.5 Å². The highest BCUT2D eigenvalue weighted by molar-refractivity contribution is 6.36. The van der Waals surface area contributed by atoms with Gasteiger partial charge in [-0.15, -0.1) is 0 Å². The SMILES string of the molecule is C=CC(=O)N1CCN(c2nc(OC)nc3c2CC=C(c2cccc4cccc(Cl)c24)O3)CC1. The molecule has 0 aliphatic carbocycles. The molecule has 0 bridgehead atoms. The monoisotopic (exact) mass is 462 g/mol. The van der Waals surface area contributed by atoms with Crippen molar-refractivity contribution >= 4 is 39.9 Å². The summed E-state index contributed by atoms with van der Waals surface area (Å²) in [5.41, 5.74) is 1.81. The van der Waals surface area contributed by atoms with Gasteiger partial charge in [-0.1, -0.05) is 48.5 Å². The van der Waals surface area contributed by atoms with Crippen LogP contribution in [0, 0.1) is 0 Å². The summed E-state index contributed by atoms with van der Waals surface area (Å²) in [6.45, 7) is 6.08. The molecule has 0 unspecified atom stereocenters. The Hall–Kier alpha value is -3.58. The molecule has 0 spiro atoms. The van der Waals surface area contributed by atoms with Gasteiger partial charge in [0.05, 0.1) is 12.7 Å². The molecule has 1 amide bonds.